The Hall–Kier alpha value is -0.540. The largest absolute Gasteiger partial charge is 0.312 e. The molecule has 80 valence electrons. The fourth-order valence-electron chi connectivity index (χ4n) is 1.83. The quantitative estimate of drug-likeness (QED) is 0.714. The van der Waals surface area contributed by atoms with E-state index in [-0.39, 0.29) is 17.9 Å². The molecule has 0 aromatic carbocycles. The van der Waals surface area contributed by atoms with Crippen LogP contribution >= 0.6 is 12.4 Å². The highest BCUT2D eigenvalue weighted by Gasteiger charge is 2.21. The molecule has 1 aliphatic rings. The Balaban J connectivity index is 0.000000980. The van der Waals surface area contributed by atoms with Crippen molar-refractivity contribution in [3.05, 3.63) is 17.5 Å². The average Bonchev–Trinajstić information content (AvgIpc) is 2.45. The Morgan fingerprint density at radius 2 is 2.14 bits per heavy atom. The van der Waals surface area contributed by atoms with Gasteiger partial charge in [-0.2, -0.15) is 5.10 Å². The van der Waals surface area contributed by atoms with E-state index in [1.54, 1.807) is 0 Å². The number of halogens is 1. The van der Waals surface area contributed by atoms with Gasteiger partial charge in [0.15, 0.2) is 0 Å². The van der Waals surface area contributed by atoms with E-state index in [1.807, 2.05) is 6.20 Å². The molecular formula is C10H18ClN3. The maximum absolute atomic E-state index is 4.45. The molecule has 0 unspecified atom stereocenters. The molecule has 1 aromatic rings. The summed E-state index contributed by atoms with van der Waals surface area (Å²) in [6, 6.07) is 0. The van der Waals surface area contributed by atoms with Gasteiger partial charge < -0.3 is 5.32 Å². The van der Waals surface area contributed by atoms with Gasteiger partial charge in [0.1, 0.15) is 0 Å². The smallest absolute Gasteiger partial charge is 0.0546 e. The van der Waals surface area contributed by atoms with Crippen LogP contribution in [0.2, 0.25) is 0 Å². The lowest BCUT2D eigenvalue weighted by Crippen LogP contribution is -2.30. The van der Waals surface area contributed by atoms with Crippen molar-refractivity contribution in [1.29, 1.82) is 0 Å². The predicted octanol–water partition coefficient (Wildman–Crippen LogP) is 1.71. The third kappa shape index (κ3) is 1.93. The SMILES string of the molecule is CC(C)(C)n1ncc2c1CCNC2.Cl. The first-order chi connectivity index (χ1) is 6.09. The Morgan fingerprint density at radius 3 is 2.79 bits per heavy atom. The summed E-state index contributed by atoms with van der Waals surface area (Å²) in [5.41, 5.74) is 2.89. The lowest BCUT2D eigenvalue weighted by molar-refractivity contribution is 0.340. The number of fused-ring (bicyclic) bond motifs is 1. The molecule has 0 radical (unpaired) electrons. The van der Waals surface area contributed by atoms with Gasteiger partial charge in [-0.15, -0.1) is 12.4 Å². The topological polar surface area (TPSA) is 29.9 Å². The molecule has 0 aliphatic carbocycles. The van der Waals surface area contributed by atoms with Crippen LogP contribution in [0.25, 0.3) is 0 Å². The summed E-state index contributed by atoms with van der Waals surface area (Å²) in [7, 11) is 0. The van der Waals surface area contributed by atoms with E-state index in [0.717, 1.165) is 19.5 Å². The molecule has 0 atom stereocenters. The summed E-state index contributed by atoms with van der Waals surface area (Å²) in [6.45, 7) is 8.65. The molecule has 2 heterocycles. The minimum absolute atomic E-state index is 0. The number of aromatic nitrogens is 2. The number of hydrogen-bond acceptors (Lipinski definition) is 2. The van der Waals surface area contributed by atoms with Crippen molar-refractivity contribution in [1.82, 2.24) is 15.1 Å². The summed E-state index contributed by atoms with van der Waals surface area (Å²) in [6.07, 6.45) is 3.10. The molecule has 1 aromatic heterocycles. The summed E-state index contributed by atoms with van der Waals surface area (Å²) < 4.78 is 2.16. The molecule has 4 heteroatoms. The maximum atomic E-state index is 4.45. The van der Waals surface area contributed by atoms with Crippen molar-refractivity contribution in [3.8, 4) is 0 Å². The van der Waals surface area contributed by atoms with Crippen LogP contribution in [0.5, 0.6) is 0 Å². The Bertz CT molecular complexity index is 312. The minimum Gasteiger partial charge on any atom is -0.312 e. The molecule has 14 heavy (non-hydrogen) atoms. The fourth-order valence-corrected chi connectivity index (χ4v) is 1.83. The lowest BCUT2D eigenvalue weighted by atomic mass is 10.1. The Kier molecular flexibility index (Phi) is 3.22. The van der Waals surface area contributed by atoms with Crippen molar-refractivity contribution in [2.45, 2.75) is 39.3 Å². The van der Waals surface area contributed by atoms with Crippen LogP contribution in [-0.4, -0.2) is 16.3 Å². The molecule has 0 saturated heterocycles. The molecule has 0 saturated carbocycles. The van der Waals surface area contributed by atoms with Gasteiger partial charge in [0.05, 0.1) is 11.7 Å². The second-order valence-corrected chi connectivity index (χ2v) is 4.63. The Labute approximate surface area is 91.3 Å². The fraction of sp³-hybridized carbons (Fsp3) is 0.700. The van der Waals surface area contributed by atoms with Crippen molar-refractivity contribution in [2.75, 3.05) is 6.54 Å². The molecule has 0 amide bonds. The molecule has 3 nitrogen and oxygen atoms in total. The number of nitrogens with zero attached hydrogens (tertiary/aromatic N) is 2. The first kappa shape index (κ1) is 11.5. The van der Waals surface area contributed by atoms with Crippen LogP contribution in [0.4, 0.5) is 0 Å². The lowest BCUT2D eigenvalue weighted by Gasteiger charge is -2.24. The van der Waals surface area contributed by atoms with Gasteiger partial charge in [-0.1, -0.05) is 0 Å². The van der Waals surface area contributed by atoms with Crippen LogP contribution in [0.3, 0.4) is 0 Å². The van der Waals surface area contributed by atoms with Gasteiger partial charge in [-0.25, -0.2) is 0 Å². The summed E-state index contributed by atoms with van der Waals surface area (Å²) in [5.74, 6) is 0. The molecule has 1 aliphatic heterocycles. The number of hydrogen-bond donors (Lipinski definition) is 1. The van der Waals surface area contributed by atoms with E-state index in [1.165, 1.54) is 11.3 Å². The third-order valence-corrected chi connectivity index (χ3v) is 2.44. The van der Waals surface area contributed by atoms with Gasteiger partial charge in [0.25, 0.3) is 0 Å². The monoisotopic (exact) mass is 215 g/mol. The zero-order valence-corrected chi connectivity index (χ0v) is 9.82. The number of nitrogens with one attached hydrogen (secondary N) is 1. The molecule has 0 fully saturated rings. The third-order valence-electron chi connectivity index (χ3n) is 2.44. The van der Waals surface area contributed by atoms with Crippen LogP contribution < -0.4 is 5.32 Å². The second kappa shape index (κ2) is 3.91. The van der Waals surface area contributed by atoms with Crippen LogP contribution in [0, 0.1) is 0 Å². The minimum atomic E-state index is 0. The van der Waals surface area contributed by atoms with Gasteiger partial charge in [-0.05, 0) is 20.8 Å². The summed E-state index contributed by atoms with van der Waals surface area (Å²) in [4.78, 5) is 0. The Morgan fingerprint density at radius 1 is 1.43 bits per heavy atom. The maximum Gasteiger partial charge on any atom is 0.0546 e. The zero-order chi connectivity index (χ0) is 9.47. The highest BCUT2D eigenvalue weighted by Crippen LogP contribution is 2.20. The van der Waals surface area contributed by atoms with Gasteiger partial charge >= 0.3 is 0 Å². The van der Waals surface area contributed by atoms with Crippen molar-refractivity contribution >= 4 is 12.4 Å². The van der Waals surface area contributed by atoms with Gasteiger partial charge in [0, 0.05) is 30.8 Å². The first-order valence-corrected chi connectivity index (χ1v) is 4.86. The zero-order valence-electron chi connectivity index (χ0n) is 9.00. The van der Waals surface area contributed by atoms with Crippen molar-refractivity contribution in [2.24, 2.45) is 0 Å². The molecule has 0 spiro atoms. The van der Waals surface area contributed by atoms with E-state index in [9.17, 15) is 0 Å². The summed E-state index contributed by atoms with van der Waals surface area (Å²) >= 11 is 0. The molecule has 2 rings (SSSR count). The van der Waals surface area contributed by atoms with Crippen molar-refractivity contribution in [3.63, 3.8) is 0 Å². The van der Waals surface area contributed by atoms with E-state index in [2.05, 4.69) is 35.9 Å². The van der Waals surface area contributed by atoms with Gasteiger partial charge in [0.2, 0.25) is 0 Å². The van der Waals surface area contributed by atoms with Crippen LogP contribution in [0.15, 0.2) is 6.20 Å². The predicted molar refractivity (Wildman–Crippen MR) is 59.9 cm³/mol. The normalized spacial score (nSPS) is 15.9. The van der Waals surface area contributed by atoms with Crippen LogP contribution in [-0.2, 0) is 18.5 Å². The molecule has 1 N–H and O–H groups in total. The molecule has 0 bridgehead atoms. The second-order valence-electron chi connectivity index (χ2n) is 4.63. The standard InChI is InChI=1S/C10H17N3.ClH/c1-10(2,3)13-9-4-5-11-6-8(9)7-12-13;/h7,11H,4-6H2,1-3H3;1H. The number of rotatable bonds is 0. The molecular weight excluding hydrogens is 198 g/mol. The van der Waals surface area contributed by atoms with Gasteiger partial charge in [-0.3, -0.25) is 4.68 Å². The van der Waals surface area contributed by atoms with E-state index < -0.39 is 0 Å². The van der Waals surface area contributed by atoms with Crippen LogP contribution in [0.1, 0.15) is 32.0 Å². The van der Waals surface area contributed by atoms with E-state index in [0.29, 0.717) is 0 Å². The highest BCUT2D eigenvalue weighted by molar-refractivity contribution is 5.85. The summed E-state index contributed by atoms with van der Waals surface area (Å²) in [5, 5.41) is 7.80. The highest BCUT2D eigenvalue weighted by atomic mass is 35.5. The van der Waals surface area contributed by atoms with E-state index >= 15 is 0 Å². The average molecular weight is 216 g/mol. The first-order valence-electron chi connectivity index (χ1n) is 4.86. The van der Waals surface area contributed by atoms with Crippen molar-refractivity contribution < 1.29 is 0 Å². The van der Waals surface area contributed by atoms with E-state index in [4.69, 9.17) is 0 Å².